The number of sulfonamides is 1. The number of aromatic nitrogens is 1. The van der Waals surface area contributed by atoms with Crippen molar-refractivity contribution in [3.05, 3.63) is 23.5 Å². The minimum Gasteiger partial charge on any atom is -0.380 e. The molecular formula is C12H17F3N2O3S. The summed E-state index contributed by atoms with van der Waals surface area (Å²) in [6.07, 6.45) is -3.68. The van der Waals surface area contributed by atoms with Crippen molar-refractivity contribution in [3.63, 3.8) is 0 Å². The molecule has 120 valence electrons. The van der Waals surface area contributed by atoms with Gasteiger partial charge >= 0.3 is 6.18 Å². The Labute approximate surface area is 121 Å². The van der Waals surface area contributed by atoms with E-state index in [0.717, 1.165) is 12.3 Å². The third kappa shape index (κ3) is 5.16. The summed E-state index contributed by atoms with van der Waals surface area (Å²) in [5.74, 6) is -0.277. The Morgan fingerprint density at radius 2 is 2.05 bits per heavy atom. The highest BCUT2D eigenvalue weighted by Gasteiger charge is 2.33. The van der Waals surface area contributed by atoms with Crippen LogP contribution in [0.3, 0.4) is 0 Å². The maximum atomic E-state index is 12.5. The first-order valence-corrected chi connectivity index (χ1v) is 7.81. The predicted molar refractivity (Wildman–Crippen MR) is 72.5 cm³/mol. The number of hydrogen-bond acceptors (Lipinski definition) is 4. The van der Waals surface area contributed by atoms with Gasteiger partial charge in [0.2, 0.25) is 10.0 Å². The van der Waals surface area contributed by atoms with Crippen LogP contribution in [-0.2, 0) is 20.9 Å². The van der Waals surface area contributed by atoms with Gasteiger partial charge in [0.25, 0.3) is 0 Å². The molecule has 0 aromatic carbocycles. The smallest absolute Gasteiger partial charge is 0.380 e. The van der Waals surface area contributed by atoms with Crippen molar-refractivity contribution < 1.29 is 26.3 Å². The minimum atomic E-state index is -4.56. The number of anilines is 1. The fourth-order valence-electron chi connectivity index (χ4n) is 1.62. The molecule has 0 saturated carbocycles. The molecule has 21 heavy (non-hydrogen) atoms. The van der Waals surface area contributed by atoms with Gasteiger partial charge in [-0.25, -0.2) is 13.4 Å². The van der Waals surface area contributed by atoms with E-state index in [0.29, 0.717) is 6.42 Å². The van der Waals surface area contributed by atoms with Crippen molar-refractivity contribution in [3.8, 4) is 0 Å². The minimum absolute atomic E-state index is 0.0222. The van der Waals surface area contributed by atoms with Crippen LogP contribution < -0.4 is 4.72 Å². The fraction of sp³-hybridized carbons (Fsp3) is 0.583. The molecule has 0 bridgehead atoms. The largest absolute Gasteiger partial charge is 0.433 e. The Balaban J connectivity index is 2.93. The molecule has 1 rings (SSSR count). The van der Waals surface area contributed by atoms with Gasteiger partial charge in [0.15, 0.2) is 0 Å². The molecule has 0 spiro atoms. The van der Waals surface area contributed by atoms with Gasteiger partial charge < -0.3 is 4.74 Å². The number of aryl methyl sites for hydroxylation is 1. The van der Waals surface area contributed by atoms with Gasteiger partial charge in [-0.05, 0) is 25.0 Å². The van der Waals surface area contributed by atoms with Crippen molar-refractivity contribution >= 4 is 15.7 Å². The zero-order chi connectivity index (χ0) is 16.3. The molecule has 0 aliphatic carbocycles. The number of alkyl halides is 3. The van der Waals surface area contributed by atoms with E-state index in [9.17, 15) is 21.6 Å². The lowest BCUT2D eigenvalue weighted by atomic mass is 10.2. The van der Waals surface area contributed by atoms with Crippen molar-refractivity contribution in [2.45, 2.75) is 32.5 Å². The molecular weight excluding hydrogens is 309 g/mol. The molecule has 5 nitrogen and oxygen atoms in total. The van der Waals surface area contributed by atoms with Crippen molar-refractivity contribution in [1.29, 1.82) is 0 Å². The Morgan fingerprint density at radius 1 is 1.43 bits per heavy atom. The van der Waals surface area contributed by atoms with Crippen molar-refractivity contribution in [2.24, 2.45) is 0 Å². The van der Waals surface area contributed by atoms with Crippen LogP contribution in [0.5, 0.6) is 0 Å². The molecule has 1 N–H and O–H groups in total. The highest BCUT2D eigenvalue weighted by Crippen LogP contribution is 2.29. The highest BCUT2D eigenvalue weighted by atomic mass is 32.2. The third-order valence-electron chi connectivity index (χ3n) is 2.86. The van der Waals surface area contributed by atoms with E-state index in [2.05, 4.69) is 9.71 Å². The molecule has 1 aromatic heterocycles. The maximum absolute atomic E-state index is 12.5. The van der Waals surface area contributed by atoms with Gasteiger partial charge in [-0.15, -0.1) is 0 Å². The normalized spacial score (nSPS) is 14.0. The first-order valence-electron chi connectivity index (χ1n) is 6.16. The van der Waals surface area contributed by atoms with E-state index < -0.39 is 28.0 Å². The third-order valence-corrected chi connectivity index (χ3v) is 4.20. The second-order valence-electron chi connectivity index (χ2n) is 4.53. The van der Waals surface area contributed by atoms with E-state index in [-0.39, 0.29) is 17.0 Å². The van der Waals surface area contributed by atoms with Crippen LogP contribution in [0.25, 0.3) is 0 Å². The van der Waals surface area contributed by atoms with Crippen molar-refractivity contribution in [2.75, 3.05) is 17.6 Å². The number of nitrogens with zero attached hydrogens (tertiary/aromatic N) is 1. The second-order valence-corrected chi connectivity index (χ2v) is 6.30. The molecule has 0 fully saturated rings. The summed E-state index contributed by atoms with van der Waals surface area (Å²) in [5.41, 5.74) is -0.897. The summed E-state index contributed by atoms with van der Waals surface area (Å²) in [5, 5.41) is 0. The quantitative estimate of drug-likeness (QED) is 0.872. The van der Waals surface area contributed by atoms with E-state index in [1.54, 1.807) is 6.92 Å². The molecule has 0 saturated heterocycles. The molecule has 1 heterocycles. The Kier molecular flexibility index (Phi) is 5.57. The topological polar surface area (TPSA) is 68.3 Å². The average Bonchev–Trinajstić information content (AvgIpc) is 2.37. The van der Waals surface area contributed by atoms with E-state index in [1.165, 1.54) is 14.0 Å². The van der Waals surface area contributed by atoms with Gasteiger partial charge in [-0.3, -0.25) is 4.72 Å². The molecule has 0 radical (unpaired) electrons. The summed E-state index contributed by atoms with van der Waals surface area (Å²) in [7, 11) is -2.33. The van der Waals surface area contributed by atoms with Crippen LogP contribution >= 0.6 is 0 Å². The lowest BCUT2D eigenvalue weighted by Gasteiger charge is -2.16. The summed E-state index contributed by atoms with van der Waals surface area (Å²) in [4.78, 5) is 3.23. The zero-order valence-corrected chi connectivity index (χ0v) is 12.7. The Hall–Kier alpha value is -1.35. The second kappa shape index (κ2) is 6.61. The maximum Gasteiger partial charge on any atom is 0.433 e. The van der Waals surface area contributed by atoms with E-state index >= 15 is 0 Å². The standard InChI is InChI=1S/C12H17F3N2O3S/c1-4-9(20-3)7-21(18,19)17-10-6-16-11(5-8(10)2)12(13,14)15/h5-6,9,17H,4,7H2,1-3H3. The van der Waals surface area contributed by atoms with Crippen molar-refractivity contribution in [1.82, 2.24) is 4.98 Å². The number of nitrogens with one attached hydrogen (secondary N) is 1. The molecule has 1 unspecified atom stereocenters. The summed E-state index contributed by atoms with van der Waals surface area (Å²) in [6.45, 7) is 3.15. The van der Waals surface area contributed by atoms with Gasteiger partial charge in [0, 0.05) is 7.11 Å². The fourth-order valence-corrected chi connectivity index (χ4v) is 3.12. The number of pyridine rings is 1. The van der Waals surface area contributed by atoms with Gasteiger partial charge in [-0.1, -0.05) is 6.92 Å². The number of hydrogen-bond donors (Lipinski definition) is 1. The average molecular weight is 326 g/mol. The van der Waals surface area contributed by atoms with Crippen LogP contribution in [0.4, 0.5) is 18.9 Å². The van der Waals surface area contributed by atoms with Crippen LogP contribution in [0, 0.1) is 6.92 Å². The first-order chi connectivity index (χ1) is 9.59. The van der Waals surface area contributed by atoms with Gasteiger partial charge in [-0.2, -0.15) is 13.2 Å². The zero-order valence-electron chi connectivity index (χ0n) is 11.9. The molecule has 1 aromatic rings. The lowest BCUT2D eigenvalue weighted by molar-refractivity contribution is -0.141. The molecule has 0 amide bonds. The number of methoxy groups -OCH3 is 1. The van der Waals surface area contributed by atoms with Gasteiger partial charge in [0.05, 0.1) is 23.7 Å². The number of halogens is 3. The Morgan fingerprint density at radius 3 is 2.48 bits per heavy atom. The van der Waals surface area contributed by atoms with Gasteiger partial charge in [0.1, 0.15) is 5.69 Å². The SMILES string of the molecule is CCC(CS(=O)(=O)Nc1cnc(C(F)(F)F)cc1C)OC. The molecule has 1 atom stereocenters. The summed E-state index contributed by atoms with van der Waals surface area (Å²) < 4.78 is 68.5. The summed E-state index contributed by atoms with van der Waals surface area (Å²) >= 11 is 0. The molecule has 0 aliphatic rings. The van der Waals surface area contributed by atoms with E-state index in [4.69, 9.17) is 4.74 Å². The molecule has 9 heteroatoms. The van der Waals surface area contributed by atoms with E-state index in [1.807, 2.05) is 0 Å². The highest BCUT2D eigenvalue weighted by molar-refractivity contribution is 7.92. The van der Waals surface area contributed by atoms with Crippen LogP contribution in [0.2, 0.25) is 0 Å². The lowest BCUT2D eigenvalue weighted by Crippen LogP contribution is -2.27. The van der Waals surface area contributed by atoms with Crippen LogP contribution in [-0.4, -0.2) is 32.4 Å². The molecule has 0 aliphatic heterocycles. The van der Waals surface area contributed by atoms with Crippen LogP contribution in [0.15, 0.2) is 12.3 Å². The first kappa shape index (κ1) is 17.7. The monoisotopic (exact) mass is 326 g/mol. The Bertz CT molecular complexity index is 584. The predicted octanol–water partition coefficient (Wildman–Crippen LogP) is 2.58. The number of ether oxygens (including phenoxy) is 1. The summed E-state index contributed by atoms with van der Waals surface area (Å²) in [6, 6.07) is 0.797. The van der Waals surface area contributed by atoms with Crippen LogP contribution in [0.1, 0.15) is 24.6 Å². The number of rotatable bonds is 6.